The van der Waals surface area contributed by atoms with Crippen molar-refractivity contribution in [1.29, 1.82) is 0 Å². The summed E-state index contributed by atoms with van der Waals surface area (Å²) in [6.45, 7) is 3.27. The summed E-state index contributed by atoms with van der Waals surface area (Å²) in [7, 11) is -3.09. The van der Waals surface area contributed by atoms with E-state index in [-0.39, 0.29) is 6.04 Å². The van der Waals surface area contributed by atoms with Gasteiger partial charge in [-0.15, -0.1) is 0 Å². The van der Waals surface area contributed by atoms with Crippen molar-refractivity contribution in [3.63, 3.8) is 0 Å². The second-order valence-corrected chi connectivity index (χ2v) is 8.08. The smallest absolute Gasteiger partial charge is 0.214 e. The van der Waals surface area contributed by atoms with Crippen LogP contribution in [0, 0.1) is 11.8 Å². The number of piperidine rings is 1. The molecule has 0 bridgehead atoms. The molecule has 2 unspecified atom stereocenters. The van der Waals surface area contributed by atoms with Crippen molar-refractivity contribution in [3.05, 3.63) is 0 Å². The van der Waals surface area contributed by atoms with E-state index in [0.29, 0.717) is 30.7 Å². The highest BCUT2D eigenvalue weighted by Gasteiger charge is 2.32. The molecule has 1 aliphatic carbocycles. The quantitative estimate of drug-likeness (QED) is 0.849. The first-order valence-electron chi connectivity index (χ1n) is 7.22. The molecular formula is C13H26N2O2S. The summed E-state index contributed by atoms with van der Waals surface area (Å²) in [5.41, 5.74) is 5.99. The lowest BCUT2D eigenvalue weighted by atomic mass is 9.91. The molecule has 1 aliphatic heterocycles. The first-order valence-corrected chi connectivity index (χ1v) is 8.83. The summed E-state index contributed by atoms with van der Waals surface area (Å²) in [5.74, 6) is 1.15. The maximum absolute atomic E-state index is 12.4. The number of rotatable bonds is 3. The topological polar surface area (TPSA) is 63.4 Å². The summed E-state index contributed by atoms with van der Waals surface area (Å²) in [6.07, 6.45) is 6.70. The molecule has 2 fully saturated rings. The van der Waals surface area contributed by atoms with Crippen molar-refractivity contribution in [1.82, 2.24) is 4.31 Å². The van der Waals surface area contributed by atoms with Gasteiger partial charge in [-0.25, -0.2) is 12.7 Å². The van der Waals surface area contributed by atoms with Crippen LogP contribution in [0.2, 0.25) is 0 Å². The Morgan fingerprint density at radius 1 is 1.17 bits per heavy atom. The number of sulfonamides is 1. The van der Waals surface area contributed by atoms with Gasteiger partial charge in [-0.2, -0.15) is 0 Å². The normalized spacial score (nSPS) is 32.6. The van der Waals surface area contributed by atoms with Gasteiger partial charge in [-0.05, 0) is 31.1 Å². The van der Waals surface area contributed by atoms with Crippen LogP contribution in [0.5, 0.6) is 0 Å². The second-order valence-electron chi connectivity index (χ2n) is 6.07. The van der Waals surface area contributed by atoms with E-state index >= 15 is 0 Å². The van der Waals surface area contributed by atoms with E-state index in [4.69, 9.17) is 5.73 Å². The second kappa shape index (κ2) is 5.88. The van der Waals surface area contributed by atoms with E-state index in [1.54, 1.807) is 4.31 Å². The molecule has 0 aromatic rings. The SMILES string of the molecule is CC1CCN(S(=O)(=O)CC2CCCCC2)CC1N. The molecule has 2 N–H and O–H groups in total. The van der Waals surface area contributed by atoms with E-state index in [1.165, 1.54) is 19.3 Å². The van der Waals surface area contributed by atoms with Crippen molar-refractivity contribution in [2.24, 2.45) is 17.6 Å². The highest BCUT2D eigenvalue weighted by atomic mass is 32.2. The van der Waals surface area contributed by atoms with Gasteiger partial charge in [-0.1, -0.05) is 26.2 Å². The van der Waals surface area contributed by atoms with Crippen LogP contribution in [-0.4, -0.2) is 37.6 Å². The molecule has 0 aromatic heterocycles. The van der Waals surface area contributed by atoms with Gasteiger partial charge in [0.1, 0.15) is 0 Å². The number of hydrogen-bond donors (Lipinski definition) is 1. The average molecular weight is 274 g/mol. The summed E-state index contributed by atoms with van der Waals surface area (Å²) in [4.78, 5) is 0. The lowest BCUT2D eigenvalue weighted by Crippen LogP contribution is -2.50. The van der Waals surface area contributed by atoms with Crippen LogP contribution >= 0.6 is 0 Å². The van der Waals surface area contributed by atoms with Crippen LogP contribution in [0.4, 0.5) is 0 Å². The Kier molecular flexibility index (Phi) is 4.67. The minimum absolute atomic E-state index is 0.000110. The predicted molar refractivity (Wildman–Crippen MR) is 73.7 cm³/mol. The Morgan fingerprint density at radius 2 is 1.83 bits per heavy atom. The van der Waals surface area contributed by atoms with E-state index in [9.17, 15) is 8.42 Å². The monoisotopic (exact) mass is 274 g/mol. The highest BCUT2D eigenvalue weighted by molar-refractivity contribution is 7.89. The van der Waals surface area contributed by atoms with Crippen LogP contribution in [0.15, 0.2) is 0 Å². The third kappa shape index (κ3) is 3.45. The molecule has 1 saturated heterocycles. The molecule has 2 aliphatic rings. The Morgan fingerprint density at radius 3 is 2.44 bits per heavy atom. The zero-order chi connectivity index (χ0) is 13.2. The molecule has 2 rings (SSSR count). The Hall–Kier alpha value is -0.130. The van der Waals surface area contributed by atoms with Gasteiger partial charge in [0, 0.05) is 19.1 Å². The van der Waals surface area contributed by atoms with Crippen molar-refractivity contribution >= 4 is 10.0 Å². The highest BCUT2D eigenvalue weighted by Crippen LogP contribution is 2.27. The molecule has 4 nitrogen and oxygen atoms in total. The van der Waals surface area contributed by atoms with Gasteiger partial charge in [0.25, 0.3) is 0 Å². The molecule has 0 amide bonds. The van der Waals surface area contributed by atoms with Crippen molar-refractivity contribution in [2.75, 3.05) is 18.8 Å². The van der Waals surface area contributed by atoms with E-state index < -0.39 is 10.0 Å². The van der Waals surface area contributed by atoms with Gasteiger partial charge in [0.2, 0.25) is 10.0 Å². The molecule has 106 valence electrons. The predicted octanol–water partition coefficient (Wildman–Crippen LogP) is 1.57. The van der Waals surface area contributed by atoms with Gasteiger partial charge < -0.3 is 5.73 Å². The maximum atomic E-state index is 12.4. The van der Waals surface area contributed by atoms with Crippen LogP contribution in [0.25, 0.3) is 0 Å². The summed E-state index contributed by atoms with van der Waals surface area (Å²) in [5, 5.41) is 0. The molecule has 0 aromatic carbocycles. The first-order chi connectivity index (χ1) is 8.49. The Bertz CT molecular complexity index is 363. The largest absolute Gasteiger partial charge is 0.326 e. The number of nitrogens with zero attached hydrogens (tertiary/aromatic N) is 1. The Labute approximate surface area is 111 Å². The first kappa shape index (κ1) is 14.3. The lowest BCUT2D eigenvalue weighted by Gasteiger charge is -2.35. The molecule has 1 saturated carbocycles. The minimum Gasteiger partial charge on any atom is -0.326 e. The average Bonchev–Trinajstić information content (AvgIpc) is 2.33. The fraction of sp³-hybridized carbons (Fsp3) is 1.00. The van der Waals surface area contributed by atoms with E-state index in [1.807, 2.05) is 0 Å². The van der Waals surface area contributed by atoms with Gasteiger partial charge in [-0.3, -0.25) is 0 Å². The van der Waals surface area contributed by atoms with Gasteiger partial charge in [0.05, 0.1) is 5.75 Å². The van der Waals surface area contributed by atoms with Crippen LogP contribution in [0.3, 0.4) is 0 Å². The number of nitrogens with two attached hydrogens (primary N) is 1. The van der Waals surface area contributed by atoms with E-state index in [0.717, 1.165) is 19.3 Å². The van der Waals surface area contributed by atoms with Gasteiger partial charge >= 0.3 is 0 Å². The molecule has 0 spiro atoms. The standard InChI is InChI=1S/C13H26N2O2S/c1-11-7-8-15(9-13(11)14)18(16,17)10-12-5-3-2-4-6-12/h11-13H,2-10,14H2,1H3. The minimum atomic E-state index is -3.09. The zero-order valence-corrected chi connectivity index (χ0v) is 12.2. The third-order valence-corrected chi connectivity index (χ3v) is 6.55. The molecule has 18 heavy (non-hydrogen) atoms. The van der Waals surface area contributed by atoms with Crippen molar-refractivity contribution < 1.29 is 8.42 Å². The molecule has 2 atom stereocenters. The van der Waals surface area contributed by atoms with Crippen molar-refractivity contribution in [3.8, 4) is 0 Å². The molecular weight excluding hydrogens is 248 g/mol. The summed E-state index contributed by atoms with van der Waals surface area (Å²) < 4.78 is 26.4. The van der Waals surface area contributed by atoms with Crippen LogP contribution in [0.1, 0.15) is 45.4 Å². The van der Waals surface area contributed by atoms with Gasteiger partial charge in [0.15, 0.2) is 0 Å². The fourth-order valence-corrected chi connectivity index (χ4v) is 5.00. The van der Waals surface area contributed by atoms with Crippen LogP contribution < -0.4 is 5.73 Å². The lowest BCUT2D eigenvalue weighted by molar-refractivity contribution is 0.250. The number of hydrogen-bond acceptors (Lipinski definition) is 3. The summed E-state index contributed by atoms with van der Waals surface area (Å²) in [6, 6.07) is -0.000110. The van der Waals surface area contributed by atoms with Crippen molar-refractivity contribution in [2.45, 2.75) is 51.5 Å². The van der Waals surface area contributed by atoms with E-state index in [2.05, 4.69) is 6.92 Å². The maximum Gasteiger partial charge on any atom is 0.214 e. The molecule has 5 heteroatoms. The zero-order valence-electron chi connectivity index (χ0n) is 11.3. The molecule has 1 heterocycles. The third-order valence-electron chi connectivity index (χ3n) is 4.54. The summed E-state index contributed by atoms with van der Waals surface area (Å²) >= 11 is 0. The fourth-order valence-electron chi connectivity index (χ4n) is 3.08. The Balaban J connectivity index is 1.93. The van der Waals surface area contributed by atoms with Crippen LogP contribution in [-0.2, 0) is 10.0 Å². The molecule has 0 radical (unpaired) electrons.